The first-order chi connectivity index (χ1) is 15.3. The third-order valence-corrected chi connectivity index (χ3v) is 5.05. The van der Waals surface area contributed by atoms with Crippen LogP contribution in [0, 0.1) is 6.92 Å². The Morgan fingerprint density at radius 1 is 1.19 bits per heavy atom. The van der Waals surface area contributed by atoms with Gasteiger partial charge in [-0.3, -0.25) is 10.1 Å². The number of anilines is 2. The van der Waals surface area contributed by atoms with Gasteiger partial charge in [-0.05, 0) is 52.7 Å². The smallest absolute Gasteiger partial charge is 0.411 e. The summed E-state index contributed by atoms with van der Waals surface area (Å²) in [6.45, 7) is 2.06. The van der Waals surface area contributed by atoms with Crippen LogP contribution in [0.5, 0.6) is 0 Å². The molecule has 0 aliphatic heterocycles. The number of benzene rings is 1. The van der Waals surface area contributed by atoms with Crippen LogP contribution in [0.15, 0.2) is 41.1 Å². The Kier molecular flexibility index (Phi) is 8.08. The first kappa shape index (κ1) is 24.0. The number of methoxy groups -OCH3 is 1. The molecule has 3 rings (SSSR count). The number of aromatic nitrogens is 3. The summed E-state index contributed by atoms with van der Waals surface area (Å²) >= 11 is 15.6. The predicted octanol–water partition coefficient (Wildman–Crippen LogP) is 5.09. The average Bonchev–Trinajstić information content (AvgIpc) is 3.12. The molecule has 0 spiro atoms. The van der Waals surface area contributed by atoms with Crippen LogP contribution < -0.4 is 10.6 Å². The highest BCUT2D eigenvalue weighted by molar-refractivity contribution is 9.10. The van der Waals surface area contributed by atoms with Gasteiger partial charge in [-0.15, -0.1) is 0 Å². The van der Waals surface area contributed by atoms with E-state index in [4.69, 9.17) is 32.7 Å². The summed E-state index contributed by atoms with van der Waals surface area (Å²) in [5.41, 5.74) is 1.41. The number of rotatable bonds is 7. The number of amides is 2. The van der Waals surface area contributed by atoms with Crippen LogP contribution in [0.4, 0.5) is 16.2 Å². The molecule has 0 saturated carbocycles. The van der Waals surface area contributed by atoms with Gasteiger partial charge in [0, 0.05) is 24.4 Å². The van der Waals surface area contributed by atoms with Crippen molar-refractivity contribution in [2.45, 2.75) is 6.92 Å². The van der Waals surface area contributed by atoms with Crippen molar-refractivity contribution in [3.8, 4) is 5.82 Å². The van der Waals surface area contributed by atoms with Gasteiger partial charge in [0.15, 0.2) is 5.82 Å². The maximum absolute atomic E-state index is 13.2. The molecular formula is C20H18BrCl2N5O4. The molecule has 12 heteroatoms. The molecule has 2 amide bonds. The Labute approximate surface area is 202 Å². The molecule has 168 valence electrons. The number of pyridine rings is 1. The van der Waals surface area contributed by atoms with Crippen molar-refractivity contribution in [3.63, 3.8) is 0 Å². The standard InChI is InChI=1S/C20H18BrCl2N5O4/c1-11-8-12(22)9-14(25-20(30)32-7-6-31-2)17(11)26-19(29)15-10-16(21)27-28(15)18-13(23)4-3-5-24-18/h3-5,8-10H,6-7H2,1-2H3,(H,25,30)(H,26,29). The van der Waals surface area contributed by atoms with E-state index >= 15 is 0 Å². The first-order valence-electron chi connectivity index (χ1n) is 9.20. The molecule has 3 aromatic rings. The van der Waals surface area contributed by atoms with Crippen LogP contribution in [0.25, 0.3) is 5.82 Å². The Morgan fingerprint density at radius 2 is 1.97 bits per heavy atom. The zero-order chi connectivity index (χ0) is 23.3. The first-order valence-corrected chi connectivity index (χ1v) is 10.8. The molecular weight excluding hydrogens is 525 g/mol. The van der Waals surface area contributed by atoms with Gasteiger partial charge in [-0.25, -0.2) is 14.5 Å². The van der Waals surface area contributed by atoms with E-state index in [0.29, 0.717) is 25.9 Å². The number of carbonyl (C=O) groups is 2. The molecule has 0 aliphatic carbocycles. The Hall–Kier alpha value is -2.66. The second-order valence-corrected chi connectivity index (χ2v) is 8.08. The zero-order valence-corrected chi connectivity index (χ0v) is 20.1. The molecule has 0 fully saturated rings. The summed E-state index contributed by atoms with van der Waals surface area (Å²) in [6, 6.07) is 8.00. The number of nitrogens with one attached hydrogen (secondary N) is 2. The number of carbonyl (C=O) groups excluding carboxylic acids is 2. The summed E-state index contributed by atoms with van der Waals surface area (Å²) in [6.07, 6.45) is 0.825. The van der Waals surface area contributed by atoms with E-state index in [-0.39, 0.29) is 30.4 Å². The van der Waals surface area contributed by atoms with E-state index in [1.54, 1.807) is 31.3 Å². The van der Waals surface area contributed by atoms with E-state index < -0.39 is 12.0 Å². The SMILES string of the molecule is COCCOC(=O)Nc1cc(Cl)cc(C)c1NC(=O)c1cc(Br)nn1-c1ncccc1Cl. The molecule has 0 unspecified atom stereocenters. The molecule has 0 atom stereocenters. The lowest BCUT2D eigenvalue weighted by Gasteiger charge is -2.16. The number of hydrogen-bond donors (Lipinski definition) is 2. The number of ether oxygens (including phenoxy) is 2. The molecule has 1 aromatic carbocycles. The molecule has 2 N–H and O–H groups in total. The number of aryl methyl sites for hydroxylation is 1. The number of hydrogen-bond acceptors (Lipinski definition) is 6. The van der Waals surface area contributed by atoms with Crippen molar-refractivity contribution < 1.29 is 19.1 Å². The molecule has 0 radical (unpaired) electrons. The van der Waals surface area contributed by atoms with Crippen LogP contribution in [0.1, 0.15) is 16.1 Å². The van der Waals surface area contributed by atoms with E-state index in [1.807, 2.05) is 0 Å². The van der Waals surface area contributed by atoms with Gasteiger partial charge in [0.1, 0.15) is 16.9 Å². The lowest BCUT2D eigenvalue weighted by molar-refractivity contribution is 0.101. The molecule has 2 heterocycles. The summed E-state index contributed by atoms with van der Waals surface area (Å²) in [5, 5.41) is 10.3. The van der Waals surface area contributed by atoms with Crippen molar-refractivity contribution in [2.75, 3.05) is 31.0 Å². The Bertz CT molecular complexity index is 1160. The van der Waals surface area contributed by atoms with Gasteiger partial charge in [-0.2, -0.15) is 5.10 Å². The molecule has 32 heavy (non-hydrogen) atoms. The fourth-order valence-electron chi connectivity index (χ4n) is 2.76. The quantitative estimate of drug-likeness (QED) is 0.402. The summed E-state index contributed by atoms with van der Waals surface area (Å²) < 4.78 is 11.6. The predicted molar refractivity (Wildman–Crippen MR) is 125 cm³/mol. The fourth-order valence-corrected chi connectivity index (χ4v) is 3.61. The molecule has 2 aromatic heterocycles. The second-order valence-electron chi connectivity index (χ2n) is 6.43. The third-order valence-electron chi connectivity index (χ3n) is 4.15. The minimum absolute atomic E-state index is 0.0711. The molecule has 9 nitrogen and oxygen atoms in total. The van der Waals surface area contributed by atoms with Crippen LogP contribution in [-0.2, 0) is 9.47 Å². The zero-order valence-electron chi connectivity index (χ0n) is 17.0. The molecule has 0 saturated heterocycles. The summed E-state index contributed by atoms with van der Waals surface area (Å²) in [4.78, 5) is 29.5. The Morgan fingerprint density at radius 3 is 2.69 bits per heavy atom. The highest BCUT2D eigenvalue weighted by Crippen LogP contribution is 2.31. The van der Waals surface area contributed by atoms with Crippen molar-refractivity contribution in [1.29, 1.82) is 0 Å². The van der Waals surface area contributed by atoms with Crippen molar-refractivity contribution >= 4 is 62.5 Å². The van der Waals surface area contributed by atoms with Crippen LogP contribution in [0.2, 0.25) is 10.0 Å². The maximum Gasteiger partial charge on any atom is 0.411 e. The lowest BCUT2D eigenvalue weighted by Crippen LogP contribution is -2.21. The fraction of sp³-hybridized carbons (Fsp3) is 0.200. The number of nitrogens with zero attached hydrogens (tertiary/aromatic N) is 3. The van der Waals surface area contributed by atoms with Gasteiger partial charge < -0.3 is 14.8 Å². The highest BCUT2D eigenvalue weighted by atomic mass is 79.9. The van der Waals surface area contributed by atoms with Crippen molar-refractivity contribution in [1.82, 2.24) is 14.8 Å². The third kappa shape index (κ3) is 5.77. The minimum atomic E-state index is -0.715. The van der Waals surface area contributed by atoms with E-state index in [1.165, 1.54) is 23.9 Å². The lowest BCUT2D eigenvalue weighted by atomic mass is 10.1. The largest absolute Gasteiger partial charge is 0.447 e. The van der Waals surface area contributed by atoms with Crippen molar-refractivity contribution in [3.05, 3.63) is 62.4 Å². The van der Waals surface area contributed by atoms with E-state index in [0.717, 1.165) is 0 Å². The van der Waals surface area contributed by atoms with Crippen LogP contribution in [-0.4, -0.2) is 47.1 Å². The van der Waals surface area contributed by atoms with E-state index in [2.05, 4.69) is 36.6 Å². The average molecular weight is 543 g/mol. The molecule has 0 aliphatic rings. The second kappa shape index (κ2) is 10.8. The Balaban J connectivity index is 1.91. The molecule has 0 bridgehead atoms. The summed E-state index contributed by atoms with van der Waals surface area (Å²) in [5.74, 6) is -0.218. The van der Waals surface area contributed by atoms with Crippen LogP contribution >= 0.6 is 39.1 Å². The van der Waals surface area contributed by atoms with Crippen molar-refractivity contribution in [2.24, 2.45) is 0 Å². The van der Waals surface area contributed by atoms with Gasteiger partial charge >= 0.3 is 6.09 Å². The maximum atomic E-state index is 13.2. The monoisotopic (exact) mass is 541 g/mol. The van der Waals surface area contributed by atoms with Gasteiger partial charge in [0.05, 0.1) is 23.0 Å². The number of halogens is 3. The van der Waals surface area contributed by atoms with Gasteiger partial charge in [0.25, 0.3) is 5.91 Å². The minimum Gasteiger partial charge on any atom is -0.447 e. The highest BCUT2D eigenvalue weighted by Gasteiger charge is 2.21. The van der Waals surface area contributed by atoms with Gasteiger partial charge in [-0.1, -0.05) is 23.2 Å². The summed E-state index contributed by atoms with van der Waals surface area (Å²) in [7, 11) is 1.50. The van der Waals surface area contributed by atoms with E-state index in [9.17, 15) is 9.59 Å². The normalized spacial score (nSPS) is 10.7. The van der Waals surface area contributed by atoms with Gasteiger partial charge in [0.2, 0.25) is 0 Å². The topological polar surface area (TPSA) is 107 Å². The van der Waals surface area contributed by atoms with Crippen LogP contribution in [0.3, 0.4) is 0 Å².